The minimum atomic E-state index is -0.377. The Hall–Kier alpha value is -0.750. The molecule has 1 aliphatic rings. The van der Waals surface area contributed by atoms with Crippen molar-refractivity contribution in [2.45, 2.75) is 25.2 Å². The Morgan fingerprint density at radius 2 is 2.20 bits per heavy atom. The van der Waals surface area contributed by atoms with E-state index in [1.807, 2.05) is 6.92 Å². The van der Waals surface area contributed by atoms with E-state index in [4.69, 9.17) is 0 Å². The molecule has 0 aromatic heterocycles. The predicted molar refractivity (Wildman–Crippen MR) is 58.7 cm³/mol. The average Bonchev–Trinajstić information content (AvgIpc) is 2.48. The Labute approximate surface area is 93.2 Å². The number of hydrogen-bond donors (Lipinski definition) is 2. The van der Waals surface area contributed by atoms with E-state index in [1.54, 1.807) is 18.7 Å². The Balaban J connectivity index is 2.25. The molecule has 0 bridgehead atoms. The maximum atomic E-state index is 11.2. The minimum absolute atomic E-state index is 0.107. The number of carbonyl (C=O) groups excluding carboxylic acids is 2. The first-order chi connectivity index (χ1) is 7.02. The molecular weight excluding hydrogens is 216 g/mol. The summed E-state index contributed by atoms with van der Waals surface area (Å²) >= 11 is 1.55. The van der Waals surface area contributed by atoms with Crippen molar-refractivity contribution in [1.82, 2.24) is 10.2 Å². The van der Waals surface area contributed by atoms with Crippen LogP contribution in [0.5, 0.6) is 0 Å². The van der Waals surface area contributed by atoms with Gasteiger partial charge in [-0.1, -0.05) is 6.92 Å². The lowest BCUT2D eigenvalue weighted by molar-refractivity contribution is -0.124. The molecule has 0 aromatic carbocycles. The highest BCUT2D eigenvalue weighted by Crippen LogP contribution is 2.14. The van der Waals surface area contributed by atoms with Crippen molar-refractivity contribution >= 4 is 23.7 Å². The molecule has 2 N–H and O–H groups in total. The van der Waals surface area contributed by atoms with Gasteiger partial charge in [-0.2, -0.15) is 11.8 Å². The van der Waals surface area contributed by atoms with Crippen LogP contribution in [0.15, 0.2) is 0 Å². The summed E-state index contributed by atoms with van der Waals surface area (Å²) in [7, 11) is 0. The number of aliphatic hydroxyl groups excluding tert-OH is 1. The zero-order chi connectivity index (χ0) is 11.4. The summed E-state index contributed by atoms with van der Waals surface area (Å²) in [6, 6.07) is -0.315. The van der Waals surface area contributed by atoms with Crippen LogP contribution >= 0.6 is 11.8 Å². The fraction of sp³-hybridized carbons (Fsp3) is 0.778. The van der Waals surface area contributed by atoms with Crippen molar-refractivity contribution in [1.29, 1.82) is 0 Å². The third-order valence-electron chi connectivity index (χ3n) is 2.31. The van der Waals surface area contributed by atoms with Crippen LogP contribution in [0.25, 0.3) is 0 Å². The SMILES string of the molecule is CC(O)C(C)SCCN1C(=O)CNC1=O. The summed E-state index contributed by atoms with van der Waals surface area (Å²) in [4.78, 5) is 23.5. The summed E-state index contributed by atoms with van der Waals surface area (Å²) in [6.07, 6.45) is -0.377. The number of nitrogens with zero attached hydrogens (tertiary/aromatic N) is 1. The van der Waals surface area contributed by atoms with Gasteiger partial charge in [-0.15, -0.1) is 0 Å². The molecule has 0 saturated carbocycles. The molecule has 0 spiro atoms. The summed E-state index contributed by atoms with van der Waals surface area (Å²) in [5.74, 6) is 0.482. The molecule has 1 aliphatic heterocycles. The first-order valence-electron chi connectivity index (χ1n) is 4.90. The summed E-state index contributed by atoms with van der Waals surface area (Å²) in [6.45, 7) is 4.16. The van der Waals surface area contributed by atoms with E-state index >= 15 is 0 Å². The van der Waals surface area contributed by atoms with E-state index in [0.29, 0.717) is 12.3 Å². The number of hydrogen-bond acceptors (Lipinski definition) is 4. The van der Waals surface area contributed by atoms with Crippen LogP contribution in [-0.4, -0.2) is 52.1 Å². The second kappa shape index (κ2) is 5.37. The molecular formula is C9H16N2O3S. The van der Waals surface area contributed by atoms with Gasteiger partial charge in [0, 0.05) is 17.5 Å². The molecule has 1 heterocycles. The molecule has 0 radical (unpaired) electrons. The van der Waals surface area contributed by atoms with Gasteiger partial charge in [0.1, 0.15) is 0 Å². The number of imide groups is 1. The van der Waals surface area contributed by atoms with Crippen LogP contribution in [0.3, 0.4) is 0 Å². The first kappa shape index (κ1) is 12.3. The van der Waals surface area contributed by atoms with Crippen molar-refractivity contribution in [3.63, 3.8) is 0 Å². The molecule has 1 saturated heterocycles. The van der Waals surface area contributed by atoms with Gasteiger partial charge in [-0.25, -0.2) is 4.79 Å². The van der Waals surface area contributed by atoms with E-state index in [0.717, 1.165) is 0 Å². The third kappa shape index (κ3) is 3.39. The van der Waals surface area contributed by atoms with Gasteiger partial charge in [0.05, 0.1) is 12.6 Å². The molecule has 0 aliphatic carbocycles. The van der Waals surface area contributed by atoms with Crippen LogP contribution in [-0.2, 0) is 4.79 Å². The average molecular weight is 232 g/mol. The number of urea groups is 1. The summed E-state index contributed by atoms with van der Waals surface area (Å²) in [5, 5.41) is 11.8. The molecule has 1 fully saturated rings. The fourth-order valence-electron chi connectivity index (χ4n) is 1.15. The Bertz CT molecular complexity index is 242. The molecule has 5 nitrogen and oxygen atoms in total. The normalized spacial score (nSPS) is 20.3. The molecule has 1 rings (SSSR count). The van der Waals surface area contributed by atoms with Gasteiger partial charge in [0.2, 0.25) is 5.91 Å². The highest BCUT2D eigenvalue weighted by atomic mass is 32.2. The van der Waals surface area contributed by atoms with Crippen LogP contribution in [0.2, 0.25) is 0 Å². The van der Waals surface area contributed by atoms with Gasteiger partial charge in [0.25, 0.3) is 0 Å². The molecule has 86 valence electrons. The predicted octanol–water partition coefficient (Wildman–Crippen LogP) is 0.0407. The topological polar surface area (TPSA) is 69.6 Å². The van der Waals surface area contributed by atoms with Gasteiger partial charge in [0.15, 0.2) is 0 Å². The van der Waals surface area contributed by atoms with Gasteiger partial charge < -0.3 is 10.4 Å². The number of amides is 3. The van der Waals surface area contributed by atoms with Crippen LogP contribution in [0.4, 0.5) is 4.79 Å². The maximum Gasteiger partial charge on any atom is 0.324 e. The third-order valence-corrected chi connectivity index (χ3v) is 3.65. The van der Waals surface area contributed by atoms with Gasteiger partial charge >= 0.3 is 6.03 Å². The summed E-state index contributed by atoms with van der Waals surface area (Å²) < 4.78 is 0. The number of carbonyl (C=O) groups is 2. The lowest BCUT2D eigenvalue weighted by atomic mass is 10.3. The number of rotatable bonds is 5. The standard InChI is InChI=1S/C9H16N2O3S/c1-6(12)7(2)15-4-3-11-8(13)5-10-9(11)14/h6-7,12H,3-5H2,1-2H3,(H,10,14). The first-order valence-corrected chi connectivity index (χ1v) is 5.95. The van der Waals surface area contributed by atoms with Crippen LogP contribution in [0.1, 0.15) is 13.8 Å². The molecule has 6 heteroatoms. The molecule has 2 unspecified atom stereocenters. The van der Waals surface area contributed by atoms with Gasteiger partial charge in [-0.05, 0) is 6.92 Å². The summed E-state index contributed by atoms with van der Waals surface area (Å²) in [5.41, 5.74) is 0. The zero-order valence-electron chi connectivity index (χ0n) is 8.90. The van der Waals surface area contributed by atoms with Crippen molar-refractivity contribution < 1.29 is 14.7 Å². The van der Waals surface area contributed by atoms with Crippen molar-refractivity contribution in [3.05, 3.63) is 0 Å². The van der Waals surface area contributed by atoms with E-state index in [9.17, 15) is 14.7 Å². The molecule has 0 aromatic rings. The number of nitrogens with one attached hydrogen (secondary N) is 1. The molecule has 15 heavy (non-hydrogen) atoms. The lowest BCUT2D eigenvalue weighted by Gasteiger charge is -2.16. The maximum absolute atomic E-state index is 11.2. The Kier molecular flexibility index (Phi) is 4.41. The lowest BCUT2D eigenvalue weighted by Crippen LogP contribution is -2.33. The van der Waals surface area contributed by atoms with Crippen LogP contribution in [0, 0.1) is 0 Å². The van der Waals surface area contributed by atoms with E-state index in [1.165, 1.54) is 4.90 Å². The highest BCUT2D eigenvalue weighted by molar-refractivity contribution is 7.99. The largest absolute Gasteiger partial charge is 0.392 e. The Morgan fingerprint density at radius 1 is 1.53 bits per heavy atom. The van der Waals surface area contributed by atoms with E-state index < -0.39 is 0 Å². The van der Waals surface area contributed by atoms with Crippen molar-refractivity contribution in [3.8, 4) is 0 Å². The second-order valence-electron chi connectivity index (χ2n) is 3.52. The number of aliphatic hydroxyl groups is 1. The van der Waals surface area contributed by atoms with Crippen molar-refractivity contribution in [2.24, 2.45) is 0 Å². The highest BCUT2D eigenvalue weighted by Gasteiger charge is 2.27. The zero-order valence-corrected chi connectivity index (χ0v) is 9.71. The van der Waals surface area contributed by atoms with Gasteiger partial charge in [-0.3, -0.25) is 9.69 Å². The number of thioether (sulfide) groups is 1. The quantitative estimate of drug-likeness (QED) is 0.657. The van der Waals surface area contributed by atoms with E-state index in [2.05, 4.69) is 5.32 Å². The smallest absolute Gasteiger partial charge is 0.324 e. The van der Waals surface area contributed by atoms with Crippen LogP contribution < -0.4 is 5.32 Å². The van der Waals surface area contributed by atoms with E-state index in [-0.39, 0.29) is 29.8 Å². The molecule has 3 amide bonds. The van der Waals surface area contributed by atoms with Crippen molar-refractivity contribution in [2.75, 3.05) is 18.8 Å². The second-order valence-corrected chi connectivity index (χ2v) is 5.01. The monoisotopic (exact) mass is 232 g/mol. The molecule has 2 atom stereocenters. The Morgan fingerprint density at radius 3 is 2.67 bits per heavy atom. The minimum Gasteiger partial charge on any atom is -0.392 e. The fourth-order valence-corrected chi connectivity index (χ4v) is 2.09.